The molecule has 5 heteroatoms. The molecule has 0 unspecified atom stereocenters. The normalized spacial score (nSPS) is 9.94. The van der Waals surface area contributed by atoms with Crippen molar-refractivity contribution < 1.29 is 0 Å². The highest BCUT2D eigenvalue weighted by Crippen LogP contribution is 2.23. The first-order chi connectivity index (χ1) is 8.63. The van der Waals surface area contributed by atoms with Crippen molar-refractivity contribution in [2.45, 2.75) is 33.6 Å². The molecular weight excluding hydrogens is 226 g/mol. The van der Waals surface area contributed by atoms with Crippen molar-refractivity contribution in [1.82, 2.24) is 9.97 Å². The van der Waals surface area contributed by atoms with E-state index in [9.17, 15) is 0 Å². The van der Waals surface area contributed by atoms with Crippen LogP contribution in [0.1, 0.15) is 31.7 Å². The number of aryl methyl sites for hydroxylation is 1. The van der Waals surface area contributed by atoms with Gasteiger partial charge in [-0.2, -0.15) is 5.26 Å². The van der Waals surface area contributed by atoms with Gasteiger partial charge in [0.25, 0.3) is 0 Å². The predicted molar refractivity (Wildman–Crippen MR) is 73.8 cm³/mol. The molecule has 0 aromatic carbocycles. The topological polar surface area (TPSA) is 64.8 Å². The molecule has 0 saturated heterocycles. The smallest absolute Gasteiger partial charge is 0.137 e. The highest BCUT2D eigenvalue weighted by atomic mass is 15.2. The zero-order valence-electron chi connectivity index (χ0n) is 11.6. The maximum atomic E-state index is 8.65. The molecule has 0 radical (unpaired) electrons. The molecule has 0 fully saturated rings. The van der Waals surface area contributed by atoms with Gasteiger partial charge in [-0.05, 0) is 13.8 Å². The van der Waals surface area contributed by atoms with Gasteiger partial charge in [-0.25, -0.2) is 9.97 Å². The van der Waals surface area contributed by atoms with Crippen molar-refractivity contribution in [3.63, 3.8) is 0 Å². The lowest BCUT2D eigenvalue weighted by Crippen LogP contribution is -2.22. The van der Waals surface area contributed by atoms with Gasteiger partial charge < -0.3 is 10.2 Å². The van der Waals surface area contributed by atoms with Crippen LogP contribution in [0.25, 0.3) is 0 Å². The number of nitrogens with zero attached hydrogens (tertiary/aromatic N) is 4. The molecule has 1 heterocycles. The first kappa shape index (κ1) is 14.2. The van der Waals surface area contributed by atoms with Crippen molar-refractivity contribution in [1.29, 1.82) is 5.26 Å². The second-order valence-corrected chi connectivity index (χ2v) is 4.15. The average Bonchev–Trinajstić information content (AvgIpc) is 2.38. The molecule has 1 rings (SSSR count). The number of nitrogens with one attached hydrogen (secondary N) is 1. The Balaban J connectivity index is 3.08. The molecule has 0 amide bonds. The standard InChI is InChI=1S/C13H21N5/c1-5-11-16-12(15-6-2)10(3)13(17-11)18(4)9-7-8-14/h5-7,9H2,1-4H3,(H,15,16,17). The van der Waals surface area contributed by atoms with Crippen LogP contribution >= 0.6 is 0 Å². The van der Waals surface area contributed by atoms with Gasteiger partial charge >= 0.3 is 0 Å². The summed E-state index contributed by atoms with van der Waals surface area (Å²) in [7, 11) is 1.96. The van der Waals surface area contributed by atoms with Crippen molar-refractivity contribution in [3.8, 4) is 6.07 Å². The molecule has 0 saturated carbocycles. The lowest BCUT2D eigenvalue weighted by atomic mass is 10.2. The van der Waals surface area contributed by atoms with Crippen molar-refractivity contribution in [2.24, 2.45) is 0 Å². The third-order valence-electron chi connectivity index (χ3n) is 2.75. The molecule has 0 atom stereocenters. The minimum absolute atomic E-state index is 0.498. The van der Waals surface area contributed by atoms with Crippen LogP contribution in [0.15, 0.2) is 0 Å². The average molecular weight is 247 g/mol. The Labute approximate surface area is 109 Å². The summed E-state index contributed by atoms with van der Waals surface area (Å²) in [6.07, 6.45) is 1.30. The van der Waals surface area contributed by atoms with E-state index < -0.39 is 0 Å². The van der Waals surface area contributed by atoms with Crippen LogP contribution in [0.4, 0.5) is 11.6 Å². The zero-order chi connectivity index (χ0) is 13.5. The van der Waals surface area contributed by atoms with Crippen LogP contribution in [0.2, 0.25) is 0 Å². The predicted octanol–water partition coefficient (Wildman–Crippen LogP) is 2.13. The van der Waals surface area contributed by atoms with E-state index in [1.54, 1.807) is 0 Å². The number of rotatable bonds is 6. The fourth-order valence-corrected chi connectivity index (χ4v) is 1.74. The molecular formula is C13H21N5. The van der Waals surface area contributed by atoms with Crippen LogP contribution in [0.5, 0.6) is 0 Å². The largest absolute Gasteiger partial charge is 0.370 e. The number of aromatic nitrogens is 2. The molecule has 1 aromatic heterocycles. The van der Waals surface area contributed by atoms with Crippen molar-refractivity contribution in [2.75, 3.05) is 30.4 Å². The highest BCUT2D eigenvalue weighted by molar-refractivity contribution is 5.58. The van der Waals surface area contributed by atoms with Crippen LogP contribution in [0.3, 0.4) is 0 Å². The lowest BCUT2D eigenvalue weighted by Gasteiger charge is -2.21. The van der Waals surface area contributed by atoms with Gasteiger partial charge in [0, 0.05) is 32.1 Å². The number of hydrogen-bond acceptors (Lipinski definition) is 5. The zero-order valence-corrected chi connectivity index (χ0v) is 11.6. The Morgan fingerprint density at radius 3 is 2.61 bits per heavy atom. The highest BCUT2D eigenvalue weighted by Gasteiger charge is 2.13. The summed E-state index contributed by atoms with van der Waals surface area (Å²) in [5.74, 6) is 2.63. The van der Waals surface area contributed by atoms with Gasteiger partial charge in [-0.15, -0.1) is 0 Å². The molecule has 0 aliphatic carbocycles. The number of anilines is 2. The molecule has 0 aliphatic heterocycles. The Morgan fingerprint density at radius 1 is 1.33 bits per heavy atom. The fourth-order valence-electron chi connectivity index (χ4n) is 1.74. The molecule has 1 aromatic rings. The second kappa shape index (κ2) is 6.80. The Bertz CT molecular complexity index is 436. The second-order valence-electron chi connectivity index (χ2n) is 4.15. The molecule has 5 nitrogen and oxygen atoms in total. The van der Waals surface area contributed by atoms with E-state index in [0.29, 0.717) is 13.0 Å². The molecule has 0 aliphatic rings. The van der Waals surface area contributed by atoms with Crippen LogP contribution in [0, 0.1) is 18.3 Å². The summed E-state index contributed by atoms with van der Waals surface area (Å²) >= 11 is 0. The first-order valence-corrected chi connectivity index (χ1v) is 6.33. The van der Waals surface area contributed by atoms with E-state index in [1.165, 1.54) is 0 Å². The van der Waals surface area contributed by atoms with Crippen molar-refractivity contribution >= 4 is 11.6 Å². The van der Waals surface area contributed by atoms with Gasteiger partial charge in [0.1, 0.15) is 17.5 Å². The van der Waals surface area contributed by atoms with E-state index in [-0.39, 0.29) is 0 Å². The summed E-state index contributed by atoms with van der Waals surface area (Å²) in [5, 5.41) is 11.9. The van der Waals surface area contributed by atoms with Gasteiger partial charge in [0.2, 0.25) is 0 Å². The molecule has 0 bridgehead atoms. The molecule has 18 heavy (non-hydrogen) atoms. The van der Waals surface area contributed by atoms with E-state index in [1.807, 2.05) is 32.7 Å². The summed E-state index contributed by atoms with van der Waals surface area (Å²) in [6, 6.07) is 2.16. The number of hydrogen-bond donors (Lipinski definition) is 1. The SMILES string of the molecule is CCNc1nc(CC)nc(N(C)CCC#N)c1C. The summed E-state index contributed by atoms with van der Waals surface area (Å²) < 4.78 is 0. The number of nitriles is 1. The van der Waals surface area contributed by atoms with Crippen LogP contribution in [-0.4, -0.2) is 30.1 Å². The van der Waals surface area contributed by atoms with E-state index in [4.69, 9.17) is 5.26 Å². The van der Waals surface area contributed by atoms with E-state index >= 15 is 0 Å². The monoisotopic (exact) mass is 247 g/mol. The van der Waals surface area contributed by atoms with Crippen molar-refractivity contribution in [3.05, 3.63) is 11.4 Å². The third kappa shape index (κ3) is 3.33. The Kier molecular flexibility index (Phi) is 5.37. The minimum atomic E-state index is 0.498. The van der Waals surface area contributed by atoms with E-state index in [0.717, 1.165) is 36.0 Å². The van der Waals surface area contributed by atoms with Gasteiger partial charge in [0.15, 0.2) is 0 Å². The van der Waals surface area contributed by atoms with Crippen LogP contribution in [-0.2, 0) is 6.42 Å². The maximum Gasteiger partial charge on any atom is 0.137 e. The third-order valence-corrected chi connectivity index (χ3v) is 2.75. The van der Waals surface area contributed by atoms with Gasteiger partial charge in [-0.3, -0.25) is 0 Å². The first-order valence-electron chi connectivity index (χ1n) is 6.33. The Morgan fingerprint density at radius 2 is 2.06 bits per heavy atom. The minimum Gasteiger partial charge on any atom is -0.370 e. The van der Waals surface area contributed by atoms with Gasteiger partial charge in [0.05, 0.1) is 12.5 Å². The maximum absolute atomic E-state index is 8.65. The fraction of sp³-hybridized carbons (Fsp3) is 0.615. The lowest BCUT2D eigenvalue weighted by molar-refractivity contribution is 0.844. The summed E-state index contributed by atoms with van der Waals surface area (Å²) in [5.41, 5.74) is 1.04. The molecule has 98 valence electrons. The molecule has 0 spiro atoms. The Hall–Kier alpha value is -1.83. The quantitative estimate of drug-likeness (QED) is 0.834. The summed E-state index contributed by atoms with van der Waals surface area (Å²) in [4.78, 5) is 11.1. The van der Waals surface area contributed by atoms with E-state index in [2.05, 4.69) is 21.4 Å². The van der Waals surface area contributed by atoms with Gasteiger partial charge in [-0.1, -0.05) is 6.92 Å². The van der Waals surface area contributed by atoms with Crippen LogP contribution < -0.4 is 10.2 Å². The summed E-state index contributed by atoms with van der Waals surface area (Å²) in [6.45, 7) is 7.62. The molecule has 1 N–H and O–H groups in total.